The molecule has 7 heteroatoms. The number of rotatable bonds is 4. The predicted octanol–water partition coefficient (Wildman–Crippen LogP) is 1.00. The molecule has 1 aromatic rings. The van der Waals surface area contributed by atoms with Crippen molar-refractivity contribution in [2.75, 3.05) is 19.6 Å². The number of carboxylic acids is 1. The SMILES string of the molecule is O=C(NCC(=O)N1CCC(C(=O)O)C1)c1ccc(Cl)cc1. The molecule has 0 bridgehead atoms. The van der Waals surface area contributed by atoms with Gasteiger partial charge in [-0.2, -0.15) is 0 Å². The second-order valence-corrected chi connectivity index (χ2v) is 5.29. The Labute approximate surface area is 126 Å². The zero-order valence-corrected chi connectivity index (χ0v) is 12.0. The lowest BCUT2D eigenvalue weighted by Crippen LogP contribution is -2.39. The van der Waals surface area contributed by atoms with Gasteiger partial charge in [0, 0.05) is 23.7 Å². The standard InChI is InChI=1S/C14H15ClN2O4/c15-11-3-1-9(2-4-11)13(19)16-7-12(18)17-6-5-10(8-17)14(20)21/h1-4,10H,5-8H2,(H,16,19)(H,20,21). The highest BCUT2D eigenvalue weighted by molar-refractivity contribution is 6.30. The van der Waals surface area contributed by atoms with Crippen LogP contribution in [0.5, 0.6) is 0 Å². The highest BCUT2D eigenvalue weighted by Gasteiger charge is 2.30. The average Bonchev–Trinajstić information content (AvgIpc) is 2.95. The summed E-state index contributed by atoms with van der Waals surface area (Å²) in [6, 6.07) is 6.32. The molecular weight excluding hydrogens is 296 g/mol. The van der Waals surface area contributed by atoms with Crippen molar-refractivity contribution in [2.45, 2.75) is 6.42 Å². The number of aliphatic carboxylic acids is 1. The Morgan fingerprint density at radius 1 is 1.29 bits per heavy atom. The quantitative estimate of drug-likeness (QED) is 0.868. The number of halogens is 1. The van der Waals surface area contributed by atoms with Gasteiger partial charge in [0.15, 0.2) is 0 Å². The molecule has 1 aromatic carbocycles. The van der Waals surface area contributed by atoms with Gasteiger partial charge >= 0.3 is 5.97 Å². The fraction of sp³-hybridized carbons (Fsp3) is 0.357. The maximum absolute atomic E-state index is 11.9. The van der Waals surface area contributed by atoms with E-state index in [4.69, 9.17) is 16.7 Å². The van der Waals surface area contributed by atoms with E-state index in [1.165, 1.54) is 4.90 Å². The molecule has 112 valence electrons. The maximum Gasteiger partial charge on any atom is 0.308 e. The van der Waals surface area contributed by atoms with Gasteiger partial charge in [-0.25, -0.2) is 0 Å². The Bertz CT molecular complexity index is 559. The average molecular weight is 311 g/mol. The first-order valence-corrected chi connectivity index (χ1v) is 6.89. The molecule has 2 N–H and O–H groups in total. The smallest absolute Gasteiger partial charge is 0.308 e. The lowest BCUT2D eigenvalue weighted by Gasteiger charge is -2.16. The lowest BCUT2D eigenvalue weighted by atomic mass is 10.1. The summed E-state index contributed by atoms with van der Waals surface area (Å²) < 4.78 is 0. The van der Waals surface area contributed by atoms with Crippen LogP contribution in [0.15, 0.2) is 24.3 Å². The van der Waals surface area contributed by atoms with Crippen LogP contribution in [0.1, 0.15) is 16.8 Å². The van der Waals surface area contributed by atoms with Crippen molar-refractivity contribution in [3.63, 3.8) is 0 Å². The lowest BCUT2D eigenvalue weighted by molar-refractivity contribution is -0.141. The van der Waals surface area contributed by atoms with Crippen LogP contribution < -0.4 is 5.32 Å². The topological polar surface area (TPSA) is 86.7 Å². The number of carboxylic acid groups (broad SMARTS) is 1. The van der Waals surface area contributed by atoms with Crippen LogP contribution in [-0.4, -0.2) is 47.4 Å². The van der Waals surface area contributed by atoms with E-state index in [0.717, 1.165) is 0 Å². The third-order valence-corrected chi connectivity index (χ3v) is 3.65. The molecule has 0 spiro atoms. The Hall–Kier alpha value is -2.08. The highest BCUT2D eigenvalue weighted by atomic mass is 35.5. The van der Waals surface area contributed by atoms with Crippen LogP contribution >= 0.6 is 11.6 Å². The molecule has 1 aliphatic rings. The largest absolute Gasteiger partial charge is 0.481 e. The number of carbonyl (C=O) groups is 3. The summed E-state index contributed by atoms with van der Waals surface area (Å²) in [6.45, 7) is 0.464. The van der Waals surface area contributed by atoms with Crippen LogP contribution in [-0.2, 0) is 9.59 Å². The molecule has 1 unspecified atom stereocenters. The monoisotopic (exact) mass is 310 g/mol. The van der Waals surface area contributed by atoms with Crippen LogP contribution in [0.3, 0.4) is 0 Å². The molecule has 0 saturated carbocycles. The number of nitrogens with zero attached hydrogens (tertiary/aromatic N) is 1. The van der Waals surface area contributed by atoms with E-state index < -0.39 is 11.9 Å². The summed E-state index contributed by atoms with van der Waals surface area (Å²) >= 11 is 5.73. The Morgan fingerprint density at radius 2 is 1.95 bits per heavy atom. The number of amides is 2. The van der Waals surface area contributed by atoms with Gasteiger partial charge in [-0.15, -0.1) is 0 Å². The van der Waals surface area contributed by atoms with Gasteiger partial charge < -0.3 is 15.3 Å². The highest BCUT2D eigenvalue weighted by Crippen LogP contribution is 2.16. The number of likely N-dealkylation sites (tertiary alicyclic amines) is 1. The van der Waals surface area contributed by atoms with E-state index in [1.807, 2.05) is 0 Å². The van der Waals surface area contributed by atoms with Crippen molar-refractivity contribution >= 4 is 29.4 Å². The van der Waals surface area contributed by atoms with Gasteiger partial charge in [-0.3, -0.25) is 14.4 Å². The van der Waals surface area contributed by atoms with Crippen LogP contribution in [0.2, 0.25) is 5.02 Å². The summed E-state index contributed by atoms with van der Waals surface area (Å²) in [5.74, 6) is -2.05. The van der Waals surface area contributed by atoms with Crippen molar-refractivity contribution in [3.05, 3.63) is 34.9 Å². The molecule has 0 aromatic heterocycles. The second kappa shape index (κ2) is 6.58. The number of carbonyl (C=O) groups excluding carboxylic acids is 2. The Balaban J connectivity index is 1.83. The summed E-state index contributed by atoms with van der Waals surface area (Å²) in [7, 11) is 0. The Morgan fingerprint density at radius 3 is 2.52 bits per heavy atom. The van der Waals surface area contributed by atoms with Crippen LogP contribution in [0.4, 0.5) is 0 Å². The first kappa shape index (κ1) is 15.3. The molecule has 1 aliphatic heterocycles. The predicted molar refractivity (Wildman–Crippen MR) is 76.1 cm³/mol. The number of hydrogen-bond donors (Lipinski definition) is 2. The van der Waals surface area contributed by atoms with Gasteiger partial charge in [0.05, 0.1) is 12.5 Å². The minimum absolute atomic E-state index is 0.145. The molecular formula is C14H15ClN2O4. The van der Waals surface area contributed by atoms with Crippen molar-refractivity contribution < 1.29 is 19.5 Å². The van der Waals surface area contributed by atoms with E-state index in [1.54, 1.807) is 24.3 Å². The van der Waals surface area contributed by atoms with Gasteiger partial charge in [0.1, 0.15) is 0 Å². The number of hydrogen-bond acceptors (Lipinski definition) is 3. The molecule has 6 nitrogen and oxygen atoms in total. The molecule has 1 heterocycles. The van der Waals surface area contributed by atoms with Gasteiger partial charge in [-0.1, -0.05) is 11.6 Å². The molecule has 0 radical (unpaired) electrons. The van der Waals surface area contributed by atoms with E-state index in [-0.39, 0.29) is 24.9 Å². The normalized spacial score (nSPS) is 17.6. The molecule has 0 aliphatic carbocycles. The van der Waals surface area contributed by atoms with Crippen molar-refractivity contribution in [2.24, 2.45) is 5.92 Å². The third-order valence-electron chi connectivity index (χ3n) is 3.40. The fourth-order valence-corrected chi connectivity index (χ4v) is 2.29. The van der Waals surface area contributed by atoms with E-state index in [9.17, 15) is 14.4 Å². The zero-order valence-electron chi connectivity index (χ0n) is 11.2. The molecule has 2 amide bonds. The zero-order chi connectivity index (χ0) is 15.4. The van der Waals surface area contributed by atoms with E-state index in [2.05, 4.69) is 5.32 Å². The molecule has 2 rings (SSSR count). The van der Waals surface area contributed by atoms with Crippen molar-refractivity contribution in [1.82, 2.24) is 10.2 Å². The summed E-state index contributed by atoms with van der Waals surface area (Å²) in [6.07, 6.45) is 0.451. The first-order chi connectivity index (χ1) is 9.97. The number of nitrogens with one attached hydrogen (secondary N) is 1. The molecule has 1 saturated heterocycles. The van der Waals surface area contributed by atoms with Crippen LogP contribution in [0, 0.1) is 5.92 Å². The van der Waals surface area contributed by atoms with Crippen LogP contribution in [0.25, 0.3) is 0 Å². The molecule has 1 fully saturated rings. The van der Waals surface area contributed by atoms with E-state index in [0.29, 0.717) is 23.6 Å². The fourth-order valence-electron chi connectivity index (χ4n) is 2.16. The minimum Gasteiger partial charge on any atom is -0.481 e. The summed E-state index contributed by atoms with van der Waals surface area (Å²) in [4.78, 5) is 36.0. The molecule has 21 heavy (non-hydrogen) atoms. The van der Waals surface area contributed by atoms with Gasteiger partial charge in [-0.05, 0) is 30.7 Å². The first-order valence-electron chi connectivity index (χ1n) is 6.51. The van der Waals surface area contributed by atoms with Crippen molar-refractivity contribution in [3.8, 4) is 0 Å². The summed E-state index contributed by atoms with van der Waals surface area (Å²) in [5.41, 5.74) is 0.414. The van der Waals surface area contributed by atoms with E-state index >= 15 is 0 Å². The second-order valence-electron chi connectivity index (χ2n) is 4.85. The maximum atomic E-state index is 11.9. The third kappa shape index (κ3) is 3.95. The van der Waals surface area contributed by atoms with Crippen molar-refractivity contribution in [1.29, 1.82) is 0 Å². The minimum atomic E-state index is -0.893. The van der Waals surface area contributed by atoms with Gasteiger partial charge in [0.2, 0.25) is 5.91 Å². The number of benzene rings is 1. The summed E-state index contributed by atoms with van der Waals surface area (Å²) in [5, 5.41) is 11.9. The Kier molecular flexibility index (Phi) is 4.80. The van der Waals surface area contributed by atoms with Gasteiger partial charge in [0.25, 0.3) is 5.91 Å². The molecule has 1 atom stereocenters.